The molecule has 21 heavy (non-hydrogen) atoms. The zero-order chi connectivity index (χ0) is 15.2. The van der Waals surface area contributed by atoms with Crippen LogP contribution in [0.2, 0.25) is 0 Å². The molecular weight excluding hydrogens is 266 g/mol. The minimum atomic E-state index is -1.02. The van der Waals surface area contributed by atoms with Gasteiger partial charge in [0.1, 0.15) is 0 Å². The van der Waals surface area contributed by atoms with Gasteiger partial charge in [0.05, 0.1) is 12.1 Å². The molecule has 0 saturated heterocycles. The van der Waals surface area contributed by atoms with Crippen LogP contribution in [-0.4, -0.2) is 22.7 Å². The van der Waals surface area contributed by atoms with E-state index in [2.05, 4.69) is 4.99 Å². The van der Waals surface area contributed by atoms with E-state index in [-0.39, 0.29) is 12.1 Å². The van der Waals surface area contributed by atoms with Crippen molar-refractivity contribution in [2.75, 3.05) is 0 Å². The second-order valence-electron chi connectivity index (χ2n) is 4.67. The van der Waals surface area contributed by atoms with Gasteiger partial charge in [-0.3, -0.25) is 9.59 Å². The number of hydrogen-bond acceptors (Lipinski definition) is 2. The summed E-state index contributed by atoms with van der Waals surface area (Å²) in [6, 6.07) is 15.9. The molecule has 0 fully saturated rings. The van der Waals surface area contributed by atoms with Gasteiger partial charge in [-0.05, 0) is 24.6 Å². The van der Waals surface area contributed by atoms with Crippen LogP contribution in [-0.2, 0) is 4.79 Å². The first-order valence-corrected chi connectivity index (χ1v) is 6.52. The molecule has 0 aromatic heterocycles. The summed E-state index contributed by atoms with van der Waals surface area (Å²) in [6.07, 6.45) is -0.290. The molecule has 2 aromatic carbocycles. The normalized spacial score (nSPS) is 11.2. The number of aliphatic imine (C=N–C) groups is 1. The number of carbonyl (C=O) groups is 2. The van der Waals surface area contributed by atoms with Gasteiger partial charge >= 0.3 is 5.97 Å². The van der Waals surface area contributed by atoms with Gasteiger partial charge in [-0.2, -0.15) is 0 Å². The number of carboxylic acid groups (broad SMARTS) is 1. The molecule has 0 aliphatic heterocycles. The number of aryl methyl sites for hydroxylation is 1. The maximum Gasteiger partial charge on any atom is 0.309 e. The van der Waals surface area contributed by atoms with E-state index in [9.17, 15) is 9.59 Å². The second-order valence-corrected chi connectivity index (χ2v) is 4.67. The lowest BCUT2D eigenvalue weighted by atomic mass is 10.1. The third kappa shape index (κ3) is 4.11. The molecule has 0 atom stereocenters. The molecule has 106 valence electrons. The van der Waals surface area contributed by atoms with Crippen molar-refractivity contribution in [2.24, 2.45) is 4.99 Å². The molecule has 1 amide bonds. The Labute approximate surface area is 122 Å². The summed E-state index contributed by atoms with van der Waals surface area (Å²) in [5, 5.41) is 8.98. The summed E-state index contributed by atoms with van der Waals surface area (Å²) in [4.78, 5) is 27.1. The van der Waals surface area contributed by atoms with Crippen molar-refractivity contribution in [1.82, 2.24) is 0 Å². The quantitative estimate of drug-likeness (QED) is 0.876. The van der Waals surface area contributed by atoms with Crippen molar-refractivity contribution < 1.29 is 14.7 Å². The largest absolute Gasteiger partial charge is 0.481 e. The van der Waals surface area contributed by atoms with Gasteiger partial charge in [-0.15, -0.1) is 0 Å². The fourth-order valence-electron chi connectivity index (χ4n) is 1.95. The Kier molecular flexibility index (Phi) is 4.61. The Hall–Kier alpha value is -2.75. The molecule has 1 N–H and O–H groups in total. The smallest absolute Gasteiger partial charge is 0.309 e. The molecule has 0 heterocycles. The van der Waals surface area contributed by atoms with E-state index in [1.54, 1.807) is 42.5 Å². The number of carboxylic acids is 1. The summed E-state index contributed by atoms with van der Waals surface area (Å²) in [5.41, 5.74) is 2.31. The van der Waals surface area contributed by atoms with E-state index in [4.69, 9.17) is 5.11 Å². The molecule has 0 spiro atoms. The van der Waals surface area contributed by atoms with Crippen LogP contribution in [0.4, 0.5) is 0 Å². The van der Waals surface area contributed by atoms with Crippen LogP contribution in [0.1, 0.15) is 27.9 Å². The number of nitrogens with zero attached hydrogens (tertiary/aromatic N) is 1. The van der Waals surface area contributed by atoms with Crippen LogP contribution in [0.3, 0.4) is 0 Å². The highest BCUT2D eigenvalue weighted by Crippen LogP contribution is 2.10. The fourth-order valence-corrected chi connectivity index (χ4v) is 1.95. The van der Waals surface area contributed by atoms with E-state index in [0.29, 0.717) is 11.1 Å². The van der Waals surface area contributed by atoms with Crippen molar-refractivity contribution in [2.45, 2.75) is 13.3 Å². The molecule has 0 unspecified atom stereocenters. The standard InChI is InChI=1S/C17H15NO3/c1-12-6-5-9-14(10-12)17(21)18-15(11-16(19)20)13-7-3-2-4-8-13/h2-10H,11H2,1H3,(H,19,20). The predicted octanol–water partition coefficient (Wildman–Crippen LogP) is 3.10. The van der Waals surface area contributed by atoms with Crippen molar-refractivity contribution in [1.29, 1.82) is 0 Å². The van der Waals surface area contributed by atoms with E-state index in [0.717, 1.165) is 5.56 Å². The third-order valence-electron chi connectivity index (χ3n) is 2.93. The Morgan fingerprint density at radius 2 is 1.67 bits per heavy atom. The maximum absolute atomic E-state index is 12.2. The van der Waals surface area contributed by atoms with Crippen molar-refractivity contribution >= 4 is 17.6 Å². The molecule has 2 rings (SSSR count). The molecule has 0 aliphatic rings. The Bertz CT molecular complexity index is 690. The van der Waals surface area contributed by atoms with Gasteiger partial charge in [-0.25, -0.2) is 4.99 Å². The van der Waals surface area contributed by atoms with Gasteiger partial charge in [0.15, 0.2) is 0 Å². The zero-order valence-electron chi connectivity index (χ0n) is 11.6. The van der Waals surface area contributed by atoms with Gasteiger partial charge in [0.2, 0.25) is 0 Å². The summed E-state index contributed by atoms with van der Waals surface area (Å²) in [5.74, 6) is -1.45. The van der Waals surface area contributed by atoms with Gasteiger partial charge < -0.3 is 5.11 Å². The number of hydrogen-bond donors (Lipinski definition) is 1. The van der Waals surface area contributed by atoms with Gasteiger partial charge in [-0.1, -0.05) is 48.0 Å². The van der Waals surface area contributed by atoms with Crippen molar-refractivity contribution in [3.05, 3.63) is 71.3 Å². The number of aliphatic carboxylic acids is 1. The molecule has 2 aromatic rings. The van der Waals surface area contributed by atoms with Crippen molar-refractivity contribution in [3.8, 4) is 0 Å². The topological polar surface area (TPSA) is 66.7 Å². The summed E-state index contributed by atoms with van der Waals surface area (Å²) in [6.45, 7) is 1.88. The summed E-state index contributed by atoms with van der Waals surface area (Å²) >= 11 is 0. The zero-order valence-corrected chi connectivity index (χ0v) is 11.6. The minimum Gasteiger partial charge on any atom is -0.481 e. The monoisotopic (exact) mass is 281 g/mol. The SMILES string of the molecule is Cc1cccc(C(=O)N=C(CC(=O)O)c2ccccc2)c1. The number of rotatable bonds is 4. The first-order chi connectivity index (χ1) is 10.1. The van der Waals surface area contributed by atoms with E-state index < -0.39 is 11.9 Å². The van der Waals surface area contributed by atoms with E-state index in [1.807, 2.05) is 19.1 Å². The number of amides is 1. The molecular formula is C17H15NO3. The average Bonchev–Trinajstić information content (AvgIpc) is 2.47. The van der Waals surface area contributed by atoms with Crippen molar-refractivity contribution in [3.63, 3.8) is 0 Å². The molecule has 0 saturated carbocycles. The van der Waals surface area contributed by atoms with Gasteiger partial charge in [0.25, 0.3) is 5.91 Å². The maximum atomic E-state index is 12.2. The lowest BCUT2D eigenvalue weighted by Gasteiger charge is -2.04. The first kappa shape index (κ1) is 14.7. The predicted molar refractivity (Wildman–Crippen MR) is 80.7 cm³/mol. The molecule has 0 bridgehead atoms. The minimum absolute atomic E-state index is 0.259. The number of benzene rings is 2. The lowest BCUT2D eigenvalue weighted by molar-refractivity contribution is -0.135. The van der Waals surface area contributed by atoms with Gasteiger partial charge in [0, 0.05) is 5.56 Å². The summed E-state index contributed by atoms with van der Waals surface area (Å²) < 4.78 is 0. The van der Waals surface area contributed by atoms with Crippen LogP contribution >= 0.6 is 0 Å². The second kappa shape index (κ2) is 6.61. The highest BCUT2D eigenvalue weighted by Gasteiger charge is 2.12. The Balaban J connectivity index is 2.36. The highest BCUT2D eigenvalue weighted by molar-refractivity contribution is 6.15. The Morgan fingerprint density at radius 1 is 1.00 bits per heavy atom. The van der Waals surface area contributed by atoms with Crippen LogP contribution < -0.4 is 0 Å². The van der Waals surface area contributed by atoms with Crippen LogP contribution in [0.15, 0.2) is 59.6 Å². The lowest BCUT2D eigenvalue weighted by Crippen LogP contribution is -2.11. The van der Waals surface area contributed by atoms with Crippen LogP contribution in [0.5, 0.6) is 0 Å². The highest BCUT2D eigenvalue weighted by atomic mass is 16.4. The molecule has 4 heteroatoms. The molecule has 4 nitrogen and oxygen atoms in total. The number of carbonyl (C=O) groups excluding carboxylic acids is 1. The average molecular weight is 281 g/mol. The molecule has 0 radical (unpaired) electrons. The third-order valence-corrected chi connectivity index (χ3v) is 2.93. The van der Waals surface area contributed by atoms with E-state index >= 15 is 0 Å². The summed E-state index contributed by atoms with van der Waals surface area (Å²) in [7, 11) is 0. The molecule has 0 aliphatic carbocycles. The fraction of sp³-hybridized carbons (Fsp3) is 0.118. The first-order valence-electron chi connectivity index (χ1n) is 6.52. The van der Waals surface area contributed by atoms with Crippen LogP contribution in [0.25, 0.3) is 0 Å². The Morgan fingerprint density at radius 3 is 2.29 bits per heavy atom. The van der Waals surface area contributed by atoms with E-state index in [1.165, 1.54) is 0 Å². The van der Waals surface area contributed by atoms with Crippen LogP contribution in [0, 0.1) is 6.92 Å².